The molecule has 66 heavy (non-hydrogen) atoms. The van der Waals surface area contributed by atoms with Gasteiger partial charge in [-0.1, -0.05) is 276 Å². The van der Waals surface area contributed by atoms with Crippen molar-refractivity contribution >= 4 is 11.9 Å². The maximum absolute atomic E-state index is 12.5. The van der Waals surface area contributed by atoms with E-state index in [9.17, 15) is 19.8 Å². The number of hydrogen-bond donors (Lipinski definition) is 3. The number of hydrogen-bond acceptors (Lipinski definition) is 5. The highest BCUT2D eigenvalue weighted by Gasteiger charge is 2.18. The first-order chi connectivity index (χ1) is 32.5. The summed E-state index contributed by atoms with van der Waals surface area (Å²) in [5.41, 5.74) is 0. The number of rotatable bonds is 55. The van der Waals surface area contributed by atoms with E-state index in [0.29, 0.717) is 19.4 Å². The van der Waals surface area contributed by atoms with Gasteiger partial charge in [-0.2, -0.15) is 0 Å². The van der Waals surface area contributed by atoms with E-state index in [1.807, 2.05) is 6.08 Å². The number of aliphatic hydroxyl groups excluding tert-OH is 2. The Bertz CT molecular complexity index is 1030. The number of esters is 1. The number of ether oxygens (including phenoxy) is 1. The molecule has 0 aromatic rings. The lowest BCUT2D eigenvalue weighted by Gasteiger charge is -2.20. The monoisotopic (exact) mass is 930 g/mol. The first kappa shape index (κ1) is 64.3. The molecular weight excluding hydrogens is 815 g/mol. The van der Waals surface area contributed by atoms with Crippen LogP contribution in [0.1, 0.15) is 322 Å². The second-order valence-electron chi connectivity index (χ2n) is 20.3. The van der Waals surface area contributed by atoms with Crippen molar-refractivity contribution in [1.82, 2.24) is 5.32 Å². The van der Waals surface area contributed by atoms with Crippen LogP contribution in [0.5, 0.6) is 0 Å². The quantitative estimate of drug-likeness (QED) is 0.0321. The first-order valence-electron chi connectivity index (χ1n) is 29.6. The molecule has 6 nitrogen and oxygen atoms in total. The summed E-state index contributed by atoms with van der Waals surface area (Å²) in [5.74, 6) is -0.0819. The third kappa shape index (κ3) is 51.7. The van der Waals surface area contributed by atoms with Crippen LogP contribution in [0.2, 0.25) is 0 Å². The molecule has 0 saturated heterocycles. The zero-order chi connectivity index (χ0) is 47.9. The molecule has 0 aliphatic carbocycles. The molecule has 3 N–H and O–H groups in total. The summed E-state index contributed by atoms with van der Waals surface area (Å²) < 4.78 is 5.48. The molecule has 0 radical (unpaired) electrons. The van der Waals surface area contributed by atoms with Crippen LogP contribution in [0.4, 0.5) is 0 Å². The highest BCUT2D eigenvalue weighted by Crippen LogP contribution is 2.17. The van der Waals surface area contributed by atoms with E-state index in [-0.39, 0.29) is 18.5 Å². The summed E-state index contributed by atoms with van der Waals surface area (Å²) in [7, 11) is 0. The zero-order valence-electron chi connectivity index (χ0n) is 44.4. The summed E-state index contributed by atoms with van der Waals surface area (Å²) in [6, 6.07) is -0.635. The van der Waals surface area contributed by atoms with Gasteiger partial charge in [0.2, 0.25) is 5.91 Å². The maximum atomic E-state index is 12.5. The van der Waals surface area contributed by atoms with Crippen LogP contribution in [0.25, 0.3) is 0 Å². The van der Waals surface area contributed by atoms with Crippen molar-refractivity contribution < 1.29 is 24.5 Å². The number of allylic oxidation sites excluding steroid dienone is 3. The van der Waals surface area contributed by atoms with Gasteiger partial charge in [0.15, 0.2) is 0 Å². The minimum Gasteiger partial charge on any atom is -0.466 e. The van der Waals surface area contributed by atoms with Crippen molar-refractivity contribution in [3.63, 3.8) is 0 Å². The average molecular weight is 931 g/mol. The molecule has 0 aromatic carbocycles. The third-order valence-electron chi connectivity index (χ3n) is 13.7. The van der Waals surface area contributed by atoms with E-state index in [1.165, 1.54) is 244 Å². The number of nitrogens with one attached hydrogen (secondary N) is 1. The molecule has 0 spiro atoms. The molecule has 0 fully saturated rings. The molecule has 0 aliphatic rings. The molecule has 0 heterocycles. The number of amides is 1. The lowest BCUT2D eigenvalue weighted by Crippen LogP contribution is -2.45. The summed E-state index contributed by atoms with van der Waals surface area (Å²) in [6.45, 7) is 4.90. The topological polar surface area (TPSA) is 95.9 Å². The molecule has 390 valence electrons. The smallest absolute Gasteiger partial charge is 0.305 e. The van der Waals surface area contributed by atoms with E-state index < -0.39 is 12.1 Å². The highest BCUT2D eigenvalue weighted by molar-refractivity contribution is 5.76. The fourth-order valence-corrected chi connectivity index (χ4v) is 9.16. The maximum Gasteiger partial charge on any atom is 0.305 e. The molecule has 0 bridgehead atoms. The van der Waals surface area contributed by atoms with Crippen molar-refractivity contribution in [2.75, 3.05) is 13.2 Å². The Morgan fingerprint density at radius 3 is 1.08 bits per heavy atom. The first-order valence-corrected chi connectivity index (χ1v) is 29.6. The van der Waals surface area contributed by atoms with Crippen LogP contribution in [0.15, 0.2) is 24.3 Å². The Morgan fingerprint density at radius 1 is 0.409 bits per heavy atom. The van der Waals surface area contributed by atoms with Crippen LogP contribution in [0, 0.1) is 0 Å². The van der Waals surface area contributed by atoms with Crippen molar-refractivity contribution in [3.8, 4) is 0 Å². The van der Waals surface area contributed by atoms with Crippen LogP contribution >= 0.6 is 0 Å². The van der Waals surface area contributed by atoms with Crippen LogP contribution in [0.3, 0.4) is 0 Å². The van der Waals surface area contributed by atoms with Gasteiger partial charge < -0.3 is 20.3 Å². The summed E-state index contributed by atoms with van der Waals surface area (Å²) in [5, 5.41) is 23.1. The van der Waals surface area contributed by atoms with Crippen molar-refractivity contribution in [2.45, 2.75) is 334 Å². The molecule has 1 amide bonds. The zero-order valence-corrected chi connectivity index (χ0v) is 44.4. The van der Waals surface area contributed by atoms with Gasteiger partial charge in [-0.25, -0.2) is 0 Å². The van der Waals surface area contributed by atoms with E-state index in [4.69, 9.17) is 4.74 Å². The minimum atomic E-state index is -0.851. The second-order valence-corrected chi connectivity index (χ2v) is 20.3. The van der Waals surface area contributed by atoms with Crippen molar-refractivity contribution in [3.05, 3.63) is 24.3 Å². The number of carbonyl (C=O) groups is 2. The predicted octanol–water partition coefficient (Wildman–Crippen LogP) is 18.2. The molecule has 2 unspecified atom stereocenters. The Balaban J connectivity index is 3.46. The second kappa shape index (κ2) is 55.9. The molecule has 0 aromatic heterocycles. The number of carbonyl (C=O) groups excluding carboxylic acids is 2. The lowest BCUT2D eigenvalue weighted by molar-refractivity contribution is -0.143. The van der Waals surface area contributed by atoms with Crippen LogP contribution in [-0.2, 0) is 14.3 Å². The van der Waals surface area contributed by atoms with Gasteiger partial charge in [-0.05, 0) is 57.8 Å². The van der Waals surface area contributed by atoms with Crippen LogP contribution < -0.4 is 5.32 Å². The van der Waals surface area contributed by atoms with E-state index in [2.05, 4.69) is 31.3 Å². The van der Waals surface area contributed by atoms with E-state index >= 15 is 0 Å². The molecule has 0 aliphatic heterocycles. The third-order valence-corrected chi connectivity index (χ3v) is 13.7. The van der Waals surface area contributed by atoms with Gasteiger partial charge in [0.25, 0.3) is 0 Å². The summed E-state index contributed by atoms with van der Waals surface area (Å²) in [6.07, 6.45) is 67.7. The average Bonchev–Trinajstić information content (AvgIpc) is 3.32. The fraction of sp³-hybridized carbons (Fsp3) is 0.900. The Kier molecular flexibility index (Phi) is 54.5. The van der Waals surface area contributed by atoms with Gasteiger partial charge in [-0.3, -0.25) is 9.59 Å². The summed E-state index contributed by atoms with van der Waals surface area (Å²) >= 11 is 0. The van der Waals surface area contributed by atoms with Crippen molar-refractivity contribution in [1.29, 1.82) is 0 Å². The van der Waals surface area contributed by atoms with Gasteiger partial charge in [0.05, 0.1) is 25.4 Å². The minimum absolute atomic E-state index is 0.00741. The Hall–Kier alpha value is -1.66. The normalized spacial score (nSPS) is 12.7. The standard InChI is InChI=1S/C60H115NO5/c1-3-5-7-9-11-13-15-17-19-21-22-24-28-32-36-40-44-48-52-58(63)57(56-62)61-59(64)53-49-45-41-37-33-29-25-23-27-31-35-39-43-47-51-55-66-60(65)54-50-46-42-38-34-30-26-20-18-16-14-12-10-8-6-4-2/h20,26,48,52,57-58,62-63H,3-19,21-25,27-47,49-51,53-56H2,1-2H3,(H,61,64)/b26-20-,52-48+. The predicted molar refractivity (Wildman–Crippen MR) is 287 cm³/mol. The lowest BCUT2D eigenvalue weighted by atomic mass is 10.0. The molecular formula is C60H115NO5. The largest absolute Gasteiger partial charge is 0.466 e. The highest BCUT2D eigenvalue weighted by atomic mass is 16.5. The Morgan fingerprint density at radius 2 is 0.712 bits per heavy atom. The van der Waals surface area contributed by atoms with E-state index in [1.54, 1.807) is 6.08 Å². The molecule has 6 heteroatoms. The number of unbranched alkanes of at least 4 members (excludes halogenated alkanes) is 42. The van der Waals surface area contributed by atoms with Gasteiger partial charge in [0, 0.05) is 12.8 Å². The molecule has 0 saturated carbocycles. The fourth-order valence-electron chi connectivity index (χ4n) is 9.16. The van der Waals surface area contributed by atoms with Crippen LogP contribution in [-0.4, -0.2) is 47.4 Å². The molecule has 0 rings (SSSR count). The van der Waals surface area contributed by atoms with E-state index in [0.717, 1.165) is 51.4 Å². The number of aliphatic hydroxyl groups is 2. The summed E-state index contributed by atoms with van der Waals surface area (Å²) in [4.78, 5) is 24.5. The van der Waals surface area contributed by atoms with Gasteiger partial charge in [-0.15, -0.1) is 0 Å². The van der Waals surface area contributed by atoms with Gasteiger partial charge in [0.1, 0.15) is 0 Å². The Labute approximate surface area is 411 Å². The SMILES string of the molecule is CCCCCCCCC/C=C\CCCCCCCC(=O)OCCCCCCCCCCCCCCCCCC(=O)NC(CO)C(O)/C=C/CCCCCCCCCCCCCCCCCC. The van der Waals surface area contributed by atoms with Crippen molar-refractivity contribution in [2.24, 2.45) is 0 Å². The van der Waals surface area contributed by atoms with Gasteiger partial charge >= 0.3 is 5.97 Å². The molecule has 2 atom stereocenters.